The Balaban J connectivity index is 1.44. The summed E-state index contributed by atoms with van der Waals surface area (Å²) >= 11 is 1.63. The van der Waals surface area contributed by atoms with Crippen molar-refractivity contribution in [3.8, 4) is 0 Å². The number of anilines is 2. The van der Waals surface area contributed by atoms with Crippen LogP contribution in [0.1, 0.15) is 25.0 Å². The van der Waals surface area contributed by atoms with Crippen LogP contribution in [0.4, 0.5) is 11.5 Å². The molecule has 1 aliphatic rings. The lowest BCUT2D eigenvalue weighted by atomic mass is 9.98. The van der Waals surface area contributed by atoms with E-state index in [0.29, 0.717) is 6.54 Å². The lowest BCUT2D eigenvalue weighted by Gasteiger charge is -2.19. The normalized spacial score (nSPS) is 13.1. The molecular formula is C21H19N5OS. The summed E-state index contributed by atoms with van der Waals surface area (Å²) in [5.74, 6) is 0.796. The van der Waals surface area contributed by atoms with Crippen LogP contribution < -0.4 is 5.32 Å². The molecule has 7 heteroatoms. The molecule has 0 amide bonds. The number of aliphatic hydroxyl groups is 1. The Hall–Kier alpha value is -2.90. The van der Waals surface area contributed by atoms with E-state index in [1.165, 1.54) is 5.56 Å². The maximum atomic E-state index is 10.2. The molecule has 3 heterocycles. The minimum Gasteiger partial charge on any atom is -0.386 e. The van der Waals surface area contributed by atoms with E-state index in [4.69, 9.17) is 0 Å². The highest BCUT2D eigenvalue weighted by Crippen LogP contribution is 2.42. The summed E-state index contributed by atoms with van der Waals surface area (Å²) in [6.07, 6.45) is 5.25. The molecular weight excluding hydrogens is 370 g/mol. The van der Waals surface area contributed by atoms with Gasteiger partial charge < -0.3 is 15.0 Å². The molecule has 4 aromatic rings. The van der Waals surface area contributed by atoms with Gasteiger partial charge in [-0.15, -0.1) is 0 Å². The summed E-state index contributed by atoms with van der Waals surface area (Å²) in [6.45, 7) is 4.28. The molecule has 2 N–H and O–H groups in total. The second-order valence-electron chi connectivity index (χ2n) is 7.40. The van der Waals surface area contributed by atoms with Crippen LogP contribution in [-0.4, -0.2) is 24.6 Å². The van der Waals surface area contributed by atoms with E-state index in [2.05, 4.69) is 43.0 Å². The number of rotatable bonds is 3. The quantitative estimate of drug-likeness (QED) is 0.479. The first-order valence-electron chi connectivity index (χ1n) is 9.04. The highest BCUT2D eigenvalue weighted by Gasteiger charge is 2.19. The zero-order chi connectivity index (χ0) is 19.3. The zero-order valence-electron chi connectivity index (χ0n) is 15.5. The number of imidazole rings is 1. The molecule has 0 saturated carbocycles. The number of hydrogen-bond acceptors (Lipinski definition) is 6. The van der Waals surface area contributed by atoms with Crippen LogP contribution >= 0.6 is 11.8 Å². The van der Waals surface area contributed by atoms with Gasteiger partial charge in [0, 0.05) is 23.8 Å². The van der Waals surface area contributed by atoms with Crippen molar-refractivity contribution in [2.45, 2.75) is 35.9 Å². The molecule has 0 bridgehead atoms. The van der Waals surface area contributed by atoms with E-state index in [1.54, 1.807) is 38.0 Å². The summed E-state index contributed by atoms with van der Waals surface area (Å²) in [6, 6.07) is 12.3. The largest absolute Gasteiger partial charge is 0.386 e. The van der Waals surface area contributed by atoms with E-state index in [9.17, 15) is 5.11 Å². The van der Waals surface area contributed by atoms with Gasteiger partial charge in [0.05, 0.1) is 28.6 Å². The van der Waals surface area contributed by atoms with Gasteiger partial charge in [-0.1, -0.05) is 23.9 Å². The summed E-state index contributed by atoms with van der Waals surface area (Å²) in [5.41, 5.74) is 4.13. The van der Waals surface area contributed by atoms with Crippen molar-refractivity contribution in [2.24, 2.45) is 0 Å². The number of fused-ring (bicyclic) bond motifs is 3. The van der Waals surface area contributed by atoms with Gasteiger partial charge >= 0.3 is 0 Å². The first-order chi connectivity index (χ1) is 13.5. The molecule has 5 rings (SSSR count). The first kappa shape index (κ1) is 17.2. The van der Waals surface area contributed by atoms with Gasteiger partial charge in [0.15, 0.2) is 5.82 Å². The summed E-state index contributed by atoms with van der Waals surface area (Å²) in [5, 5.41) is 14.5. The number of hydrogen-bond donors (Lipinski definition) is 2. The molecule has 0 atom stereocenters. The third kappa shape index (κ3) is 3.02. The Morgan fingerprint density at radius 2 is 1.93 bits per heavy atom. The number of nitrogens with one attached hydrogen (secondary N) is 1. The van der Waals surface area contributed by atoms with Crippen LogP contribution in [0.15, 0.2) is 65.0 Å². The molecule has 2 aromatic heterocycles. The Morgan fingerprint density at radius 3 is 2.79 bits per heavy atom. The van der Waals surface area contributed by atoms with Crippen LogP contribution in [0, 0.1) is 0 Å². The SMILES string of the molecule is CC(C)(O)c1ccc2c(c1)ncn2Cc1ccc2c(c1)Nc1nccnc1S2. The Bertz CT molecular complexity index is 1200. The first-order valence-corrected chi connectivity index (χ1v) is 9.85. The smallest absolute Gasteiger partial charge is 0.163 e. The second kappa shape index (κ2) is 6.32. The molecule has 0 spiro atoms. The predicted molar refractivity (Wildman–Crippen MR) is 110 cm³/mol. The van der Waals surface area contributed by atoms with Crippen molar-refractivity contribution < 1.29 is 5.11 Å². The molecule has 0 unspecified atom stereocenters. The maximum absolute atomic E-state index is 10.2. The van der Waals surface area contributed by atoms with E-state index in [0.717, 1.165) is 38.0 Å². The van der Waals surface area contributed by atoms with Gasteiger partial charge in [0.25, 0.3) is 0 Å². The monoisotopic (exact) mass is 389 g/mol. The summed E-state index contributed by atoms with van der Waals surface area (Å²) < 4.78 is 2.12. The van der Waals surface area contributed by atoms with Crippen molar-refractivity contribution in [2.75, 3.05) is 5.32 Å². The van der Waals surface area contributed by atoms with Crippen molar-refractivity contribution in [3.63, 3.8) is 0 Å². The lowest BCUT2D eigenvalue weighted by Crippen LogP contribution is -2.15. The lowest BCUT2D eigenvalue weighted by molar-refractivity contribution is 0.0787. The minimum absolute atomic E-state index is 0.714. The third-order valence-electron chi connectivity index (χ3n) is 4.85. The van der Waals surface area contributed by atoms with Gasteiger partial charge in [-0.3, -0.25) is 0 Å². The molecule has 0 radical (unpaired) electrons. The highest BCUT2D eigenvalue weighted by atomic mass is 32.2. The van der Waals surface area contributed by atoms with E-state index >= 15 is 0 Å². The standard InChI is InChI=1S/C21H19N5OS/c1-21(2,27)14-4-5-17-15(10-14)24-12-26(17)11-13-3-6-18-16(9-13)25-19-20(28-18)23-8-7-22-19/h3-10,12,27H,11H2,1-2H3,(H,22,25). The molecule has 0 saturated heterocycles. The number of benzene rings is 2. The molecule has 6 nitrogen and oxygen atoms in total. The van der Waals surface area contributed by atoms with Crippen molar-refractivity contribution in [1.82, 2.24) is 19.5 Å². The molecule has 0 aliphatic carbocycles. The Morgan fingerprint density at radius 1 is 1.07 bits per heavy atom. The Kier molecular flexibility index (Phi) is 3.89. The number of nitrogens with zero attached hydrogens (tertiary/aromatic N) is 4. The van der Waals surface area contributed by atoms with Crippen LogP contribution in [-0.2, 0) is 12.1 Å². The topological polar surface area (TPSA) is 75.9 Å². The van der Waals surface area contributed by atoms with Gasteiger partial charge in [-0.2, -0.15) is 0 Å². The van der Waals surface area contributed by atoms with Gasteiger partial charge in [0.1, 0.15) is 5.03 Å². The Labute approximate surface area is 166 Å². The average Bonchev–Trinajstić information content (AvgIpc) is 3.08. The van der Waals surface area contributed by atoms with Gasteiger partial charge in [0.2, 0.25) is 0 Å². The van der Waals surface area contributed by atoms with Crippen LogP contribution in [0.3, 0.4) is 0 Å². The minimum atomic E-state index is -0.876. The summed E-state index contributed by atoms with van der Waals surface area (Å²) in [4.78, 5) is 14.4. The molecule has 140 valence electrons. The van der Waals surface area contributed by atoms with E-state index in [1.807, 2.05) is 24.5 Å². The number of aromatic nitrogens is 4. The van der Waals surface area contributed by atoms with Gasteiger partial charge in [-0.05, 0) is 49.2 Å². The van der Waals surface area contributed by atoms with E-state index in [-0.39, 0.29) is 0 Å². The summed E-state index contributed by atoms with van der Waals surface area (Å²) in [7, 11) is 0. The average molecular weight is 389 g/mol. The fourth-order valence-corrected chi connectivity index (χ4v) is 4.22. The molecule has 0 fully saturated rings. The van der Waals surface area contributed by atoms with Crippen LogP contribution in [0.25, 0.3) is 11.0 Å². The van der Waals surface area contributed by atoms with Gasteiger partial charge in [-0.25, -0.2) is 15.0 Å². The molecule has 28 heavy (non-hydrogen) atoms. The van der Waals surface area contributed by atoms with Crippen LogP contribution in [0.2, 0.25) is 0 Å². The fourth-order valence-electron chi connectivity index (χ4n) is 3.35. The molecule has 2 aromatic carbocycles. The zero-order valence-corrected chi connectivity index (χ0v) is 16.4. The highest BCUT2D eigenvalue weighted by molar-refractivity contribution is 7.99. The van der Waals surface area contributed by atoms with E-state index < -0.39 is 5.60 Å². The predicted octanol–water partition coefficient (Wildman–Crippen LogP) is 4.31. The molecule has 1 aliphatic heterocycles. The van der Waals surface area contributed by atoms with Crippen molar-refractivity contribution in [1.29, 1.82) is 0 Å². The van der Waals surface area contributed by atoms with Crippen molar-refractivity contribution in [3.05, 3.63) is 66.2 Å². The second-order valence-corrected chi connectivity index (χ2v) is 8.43. The third-order valence-corrected chi connectivity index (χ3v) is 5.92. The van der Waals surface area contributed by atoms with Crippen molar-refractivity contribution >= 4 is 34.3 Å². The maximum Gasteiger partial charge on any atom is 0.163 e. The van der Waals surface area contributed by atoms with Crippen LogP contribution in [0.5, 0.6) is 0 Å². The fraction of sp³-hybridized carbons (Fsp3) is 0.190.